The van der Waals surface area contributed by atoms with Gasteiger partial charge in [-0.2, -0.15) is 5.10 Å². The van der Waals surface area contributed by atoms with E-state index in [9.17, 15) is 14.3 Å². The number of aromatic amines is 1. The van der Waals surface area contributed by atoms with E-state index in [0.29, 0.717) is 5.69 Å². The Kier molecular flexibility index (Phi) is 4.44. The highest BCUT2D eigenvalue weighted by molar-refractivity contribution is 5.92. The van der Waals surface area contributed by atoms with E-state index >= 15 is 0 Å². The largest absolute Gasteiger partial charge is 0.390 e. The van der Waals surface area contributed by atoms with Crippen LogP contribution in [-0.2, 0) is 6.61 Å². The minimum Gasteiger partial charge on any atom is -0.390 e. The number of carbonyl (C=O) groups is 1. The second-order valence-corrected chi connectivity index (χ2v) is 4.18. The fraction of sp³-hybridized carbons (Fsp3) is 0.231. The summed E-state index contributed by atoms with van der Waals surface area (Å²) in [4.78, 5) is 11.7. The summed E-state index contributed by atoms with van der Waals surface area (Å²) in [6, 6.07) is 7.20. The lowest BCUT2D eigenvalue weighted by Gasteiger charge is -2.12. The molecule has 0 aliphatic rings. The van der Waals surface area contributed by atoms with Crippen molar-refractivity contribution in [2.24, 2.45) is 0 Å². The van der Waals surface area contributed by atoms with Crippen LogP contribution in [0.25, 0.3) is 0 Å². The molecule has 1 amide bonds. The Balaban J connectivity index is 1.95. The molecule has 0 spiro atoms. The number of amides is 1. The molecule has 0 aliphatic carbocycles. The van der Waals surface area contributed by atoms with E-state index in [-0.39, 0.29) is 24.4 Å². The molecule has 1 unspecified atom stereocenters. The lowest BCUT2D eigenvalue weighted by atomic mass is 10.1. The first-order chi connectivity index (χ1) is 9.61. The zero-order chi connectivity index (χ0) is 14.5. The third-order valence-corrected chi connectivity index (χ3v) is 2.75. The summed E-state index contributed by atoms with van der Waals surface area (Å²) in [5, 5.41) is 27.3. The molecule has 6 nitrogen and oxygen atoms in total. The number of halogens is 1. The molecule has 0 saturated carbocycles. The summed E-state index contributed by atoms with van der Waals surface area (Å²) in [5.74, 6) is -1.05. The van der Waals surface area contributed by atoms with Crippen molar-refractivity contribution in [3.63, 3.8) is 0 Å². The Labute approximate surface area is 114 Å². The van der Waals surface area contributed by atoms with Gasteiger partial charge in [-0.15, -0.1) is 0 Å². The molecule has 20 heavy (non-hydrogen) atoms. The molecule has 0 bridgehead atoms. The van der Waals surface area contributed by atoms with Crippen LogP contribution in [0.4, 0.5) is 4.39 Å². The SMILES string of the molecule is O=C(NCC(O)c1ccccc1F)c1cc(CO)[nH]n1. The minimum atomic E-state index is -1.14. The molecule has 106 valence electrons. The standard InChI is InChI=1S/C13H14FN3O3/c14-10-4-2-1-3-9(10)12(19)6-15-13(20)11-5-8(7-18)16-17-11/h1-5,12,18-19H,6-7H2,(H,15,20)(H,16,17). The molecule has 0 radical (unpaired) electrons. The van der Waals surface area contributed by atoms with Crippen molar-refractivity contribution in [1.82, 2.24) is 15.5 Å². The number of H-pyrrole nitrogens is 1. The molecule has 2 rings (SSSR count). The van der Waals surface area contributed by atoms with Crippen molar-refractivity contribution >= 4 is 5.91 Å². The number of nitrogens with zero attached hydrogens (tertiary/aromatic N) is 1. The van der Waals surface area contributed by atoms with Gasteiger partial charge in [0, 0.05) is 12.1 Å². The maximum atomic E-state index is 13.4. The molecule has 0 aliphatic heterocycles. The predicted octanol–water partition coefficient (Wildman–Crippen LogP) is 0.505. The summed E-state index contributed by atoms with van der Waals surface area (Å²) < 4.78 is 13.4. The van der Waals surface area contributed by atoms with Gasteiger partial charge in [-0.3, -0.25) is 9.89 Å². The third kappa shape index (κ3) is 3.19. The quantitative estimate of drug-likeness (QED) is 0.640. The van der Waals surface area contributed by atoms with Crippen LogP contribution in [0.15, 0.2) is 30.3 Å². The molecule has 7 heteroatoms. The third-order valence-electron chi connectivity index (χ3n) is 2.75. The van der Waals surface area contributed by atoms with E-state index in [4.69, 9.17) is 5.11 Å². The number of benzene rings is 1. The molecule has 1 aromatic carbocycles. The summed E-state index contributed by atoms with van der Waals surface area (Å²) in [6.45, 7) is -0.390. The van der Waals surface area contributed by atoms with Crippen molar-refractivity contribution in [3.05, 3.63) is 53.1 Å². The van der Waals surface area contributed by atoms with Crippen LogP contribution in [0.2, 0.25) is 0 Å². The van der Waals surface area contributed by atoms with Crippen molar-refractivity contribution in [1.29, 1.82) is 0 Å². The minimum absolute atomic E-state index is 0.0924. The van der Waals surface area contributed by atoms with Crippen LogP contribution in [0, 0.1) is 5.82 Å². The van der Waals surface area contributed by atoms with Crippen LogP contribution in [0.3, 0.4) is 0 Å². The monoisotopic (exact) mass is 279 g/mol. The Hall–Kier alpha value is -2.25. The van der Waals surface area contributed by atoms with Gasteiger partial charge in [0.05, 0.1) is 18.4 Å². The van der Waals surface area contributed by atoms with Crippen LogP contribution in [0.5, 0.6) is 0 Å². The van der Waals surface area contributed by atoms with E-state index in [0.717, 1.165) is 0 Å². The number of nitrogens with one attached hydrogen (secondary N) is 2. The Bertz CT molecular complexity index is 600. The molecule has 1 aromatic heterocycles. The molecule has 2 aromatic rings. The first kappa shape index (κ1) is 14.2. The summed E-state index contributed by atoms with van der Waals surface area (Å²) >= 11 is 0. The van der Waals surface area contributed by atoms with Crippen LogP contribution < -0.4 is 5.32 Å². The Morgan fingerprint density at radius 3 is 2.85 bits per heavy atom. The van der Waals surface area contributed by atoms with E-state index in [1.54, 1.807) is 6.07 Å². The predicted molar refractivity (Wildman–Crippen MR) is 68.2 cm³/mol. The molecular weight excluding hydrogens is 265 g/mol. The van der Waals surface area contributed by atoms with Gasteiger partial charge in [-0.25, -0.2) is 4.39 Å². The summed E-state index contributed by atoms with van der Waals surface area (Å²) in [6.07, 6.45) is -1.14. The zero-order valence-electron chi connectivity index (χ0n) is 10.5. The zero-order valence-corrected chi connectivity index (χ0v) is 10.5. The number of carbonyl (C=O) groups excluding carboxylic acids is 1. The van der Waals surface area contributed by atoms with Gasteiger partial charge in [-0.05, 0) is 12.1 Å². The fourth-order valence-electron chi connectivity index (χ4n) is 1.69. The van der Waals surface area contributed by atoms with Gasteiger partial charge >= 0.3 is 0 Å². The first-order valence-corrected chi connectivity index (χ1v) is 5.97. The van der Waals surface area contributed by atoms with Crippen LogP contribution in [0.1, 0.15) is 27.8 Å². The smallest absolute Gasteiger partial charge is 0.271 e. The number of hydrogen-bond donors (Lipinski definition) is 4. The average molecular weight is 279 g/mol. The first-order valence-electron chi connectivity index (χ1n) is 5.97. The van der Waals surface area contributed by atoms with Gasteiger partial charge in [-0.1, -0.05) is 18.2 Å². The summed E-state index contributed by atoms with van der Waals surface area (Å²) in [5.41, 5.74) is 0.616. The van der Waals surface area contributed by atoms with Gasteiger partial charge < -0.3 is 15.5 Å². The van der Waals surface area contributed by atoms with E-state index in [2.05, 4.69) is 15.5 Å². The van der Waals surface area contributed by atoms with Gasteiger partial charge in [0.1, 0.15) is 11.5 Å². The molecule has 0 saturated heterocycles. The molecule has 0 fully saturated rings. The normalized spacial score (nSPS) is 12.2. The molecular formula is C13H14FN3O3. The van der Waals surface area contributed by atoms with Crippen LogP contribution >= 0.6 is 0 Å². The molecule has 1 atom stereocenters. The Morgan fingerprint density at radius 2 is 2.20 bits per heavy atom. The average Bonchev–Trinajstić information content (AvgIpc) is 2.94. The number of aliphatic hydroxyl groups excluding tert-OH is 2. The second kappa shape index (κ2) is 6.27. The highest BCUT2D eigenvalue weighted by atomic mass is 19.1. The highest BCUT2D eigenvalue weighted by Crippen LogP contribution is 2.15. The topological polar surface area (TPSA) is 98.2 Å². The van der Waals surface area contributed by atoms with Crippen molar-refractivity contribution in [3.8, 4) is 0 Å². The maximum Gasteiger partial charge on any atom is 0.271 e. The lowest BCUT2D eigenvalue weighted by Crippen LogP contribution is -2.29. The number of aromatic nitrogens is 2. The van der Waals surface area contributed by atoms with Crippen LogP contribution in [-0.4, -0.2) is 32.9 Å². The van der Waals surface area contributed by atoms with Crippen molar-refractivity contribution in [2.75, 3.05) is 6.54 Å². The molecule has 4 N–H and O–H groups in total. The van der Waals surface area contributed by atoms with Gasteiger partial charge in [0.25, 0.3) is 5.91 Å². The van der Waals surface area contributed by atoms with E-state index in [1.807, 2.05) is 0 Å². The van der Waals surface area contributed by atoms with Crippen molar-refractivity contribution in [2.45, 2.75) is 12.7 Å². The van der Waals surface area contributed by atoms with Gasteiger partial charge in [0.15, 0.2) is 0 Å². The maximum absolute atomic E-state index is 13.4. The number of aliphatic hydroxyl groups is 2. The Morgan fingerprint density at radius 1 is 1.45 bits per heavy atom. The van der Waals surface area contributed by atoms with E-state index < -0.39 is 17.8 Å². The number of hydrogen-bond acceptors (Lipinski definition) is 4. The fourth-order valence-corrected chi connectivity index (χ4v) is 1.69. The van der Waals surface area contributed by atoms with E-state index in [1.165, 1.54) is 24.3 Å². The van der Waals surface area contributed by atoms with Gasteiger partial charge in [0.2, 0.25) is 0 Å². The second-order valence-electron chi connectivity index (χ2n) is 4.18. The highest BCUT2D eigenvalue weighted by Gasteiger charge is 2.15. The summed E-state index contributed by atoms with van der Waals surface area (Å²) in [7, 11) is 0. The lowest BCUT2D eigenvalue weighted by molar-refractivity contribution is 0.0909. The number of rotatable bonds is 5. The molecule has 1 heterocycles. The van der Waals surface area contributed by atoms with Crippen molar-refractivity contribution < 1.29 is 19.4 Å².